The van der Waals surface area contributed by atoms with Crippen LogP contribution < -0.4 is 0 Å². The van der Waals surface area contributed by atoms with E-state index in [1.165, 1.54) is 5.57 Å². The number of hydrogen-bond donors (Lipinski definition) is 1. The summed E-state index contributed by atoms with van der Waals surface area (Å²) in [6.45, 7) is 7.94. The molecule has 0 N–H and O–H groups in total. The third-order valence-electron chi connectivity index (χ3n) is 1.38. The van der Waals surface area contributed by atoms with Gasteiger partial charge in [-0.2, -0.15) is 0 Å². The Labute approximate surface area is 75.1 Å². The normalized spacial score (nSPS) is 12.5. The van der Waals surface area contributed by atoms with E-state index in [1.807, 2.05) is 19.1 Å². The van der Waals surface area contributed by atoms with E-state index in [4.69, 9.17) is 0 Å². The zero-order valence-corrected chi connectivity index (χ0v) is 8.20. The lowest BCUT2D eigenvalue weighted by Gasteiger charge is -2.01. The fourth-order valence-corrected chi connectivity index (χ4v) is 0.992. The average molecular weight is 168 g/mol. The maximum atomic E-state index is 4.20. The Morgan fingerprint density at radius 1 is 1.55 bits per heavy atom. The largest absolute Gasteiger partial charge is 0.144 e. The van der Waals surface area contributed by atoms with Gasteiger partial charge in [0.25, 0.3) is 0 Å². The molecule has 0 bridgehead atoms. The quantitative estimate of drug-likeness (QED) is 0.480. The molecule has 62 valence electrons. The van der Waals surface area contributed by atoms with Crippen molar-refractivity contribution in [2.75, 3.05) is 0 Å². The summed E-state index contributed by atoms with van der Waals surface area (Å²) >= 11 is 4.20. The van der Waals surface area contributed by atoms with Crippen molar-refractivity contribution in [3.63, 3.8) is 0 Å². The van der Waals surface area contributed by atoms with E-state index in [0.29, 0.717) is 0 Å². The Morgan fingerprint density at radius 2 is 2.18 bits per heavy atom. The number of allylic oxidation sites excluding steroid dienone is 4. The summed E-state index contributed by atoms with van der Waals surface area (Å²) in [5.41, 5.74) is 1.23. The predicted octanol–water partition coefficient (Wildman–Crippen LogP) is 3.73. The molecule has 0 saturated carbocycles. The molecule has 0 nitrogen and oxygen atoms in total. The van der Waals surface area contributed by atoms with Crippen LogP contribution in [0.25, 0.3) is 0 Å². The highest BCUT2D eigenvalue weighted by Crippen LogP contribution is 2.17. The molecular formula is C10H16S. The number of thiol groups is 1. The summed E-state index contributed by atoms with van der Waals surface area (Å²) in [5, 5.41) is 0. The van der Waals surface area contributed by atoms with Gasteiger partial charge >= 0.3 is 0 Å². The van der Waals surface area contributed by atoms with Gasteiger partial charge in [-0.1, -0.05) is 38.2 Å². The third-order valence-corrected chi connectivity index (χ3v) is 1.67. The molecule has 0 fully saturated rings. The van der Waals surface area contributed by atoms with Crippen LogP contribution in [0.3, 0.4) is 0 Å². The zero-order valence-electron chi connectivity index (χ0n) is 7.30. The summed E-state index contributed by atoms with van der Waals surface area (Å²) < 4.78 is 0. The molecule has 0 aliphatic rings. The average Bonchev–Trinajstić information content (AvgIpc) is 1.97. The molecule has 0 heterocycles. The Balaban J connectivity index is 4.20. The lowest BCUT2D eigenvalue weighted by molar-refractivity contribution is 0.924. The molecule has 0 aliphatic carbocycles. The molecular weight excluding hydrogens is 152 g/mol. The minimum absolute atomic E-state index is 0.880. The van der Waals surface area contributed by atoms with Gasteiger partial charge in [0.1, 0.15) is 0 Å². The van der Waals surface area contributed by atoms with Crippen LogP contribution in [0.4, 0.5) is 0 Å². The van der Waals surface area contributed by atoms with Crippen LogP contribution in [0.5, 0.6) is 0 Å². The molecule has 0 unspecified atom stereocenters. The maximum Gasteiger partial charge on any atom is 0.00000608 e. The van der Waals surface area contributed by atoms with Gasteiger partial charge in [0.15, 0.2) is 0 Å². The summed E-state index contributed by atoms with van der Waals surface area (Å²) in [6, 6.07) is 0. The lowest BCUT2D eigenvalue weighted by Crippen LogP contribution is -1.80. The highest BCUT2D eigenvalue weighted by molar-refractivity contribution is 7.84. The summed E-state index contributed by atoms with van der Waals surface area (Å²) in [4.78, 5) is 0.880. The molecule has 0 rings (SSSR count). The maximum absolute atomic E-state index is 4.20. The van der Waals surface area contributed by atoms with Crippen LogP contribution >= 0.6 is 12.6 Å². The molecule has 0 aromatic rings. The second kappa shape index (κ2) is 6.29. The fraction of sp³-hybridized carbons (Fsp3) is 0.400. The molecule has 0 aromatic heterocycles. The van der Waals surface area contributed by atoms with E-state index < -0.39 is 0 Å². The highest BCUT2D eigenvalue weighted by atomic mass is 32.1. The van der Waals surface area contributed by atoms with Gasteiger partial charge < -0.3 is 0 Å². The summed E-state index contributed by atoms with van der Waals surface area (Å²) in [6.07, 6.45) is 8.30. The Morgan fingerprint density at radius 3 is 2.55 bits per heavy atom. The van der Waals surface area contributed by atoms with Crippen molar-refractivity contribution in [1.82, 2.24) is 0 Å². The summed E-state index contributed by atoms with van der Waals surface area (Å²) in [5.74, 6) is 0. The van der Waals surface area contributed by atoms with Crippen molar-refractivity contribution in [2.24, 2.45) is 0 Å². The molecule has 0 aliphatic heterocycles. The monoisotopic (exact) mass is 168 g/mol. The van der Waals surface area contributed by atoms with Crippen molar-refractivity contribution in [3.8, 4) is 0 Å². The summed E-state index contributed by atoms with van der Waals surface area (Å²) in [7, 11) is 0. The van der Waals surface area contributed by atoms with Gasteiger partial charge in [0.05, 0.1) is 0 Å². The number of rotatable bonds is 4. The van der Waals surface area contributed by atoms with E-state index in [2.05, 4.69) is 32.2 Å². The Bertz CT molecular complexity index is 175. The molecule has 0 amide bonds. The van der Waals surface area contributed by atoms with Gasteiger partial charge in [0, 0.05) is 4.91 Å². The van der Waals surface area contributed by atoms with Crippen molar-refractivity contribution in [1.29, 1.82) is 0 Å². The van der Waals surface area contributed by atoms with E-state index in [1.54, 1.807) is 0 Å². The molecule has 0 spiro atoms. The van der Waals surface area contributed by atoms with Gasteiger partial charge in [-0.3, -0.25) is 0 Å². The van der Waals surface area contributed by atoms with Crippen LogP contribution in [0.15, 0.2) is 35.3 Å². The Hall–Kier alpha value is -0.430. The van der Waals surface area contributed by atoms with E-state index in [-0.39, 0.29) is 0 Å². The van der Waals surface area contributed by atoms with Crippen molar-refractivity contribution in [3.05, 3.63) is 35.3 Å². The first-order chi connectivity index (χ1) is 5.22. The topological polar surface area (TPSA) is 0 Å². The smallest absolute Gasteiger partial charge is 0.00000608 e. The van der Waals surface area contributed by atoms with Crippen LogP contribution in [0.2, 0.25) is 0 Å². The van der Waals surface area contributed by atoms with Crippen molar-refractivity contribution in [2.45, 2.75) is 26.7 Å². The lowest BCUT2D eigenvalue weighted by atomic mass is 10.1. The molecule has 0 atom stereocenters. The molecule has 0 saturated heterocycles. The van der Waals surface area contributed by atoms with E-state index in [0.717, 1.165) is 17.7 Å². The van der Waals surface area contributed by atoms with Crippen LogP contribution in [0, 0.1) is 0 Å². The van der Waals surface area contributed by atoms with Gasteiger partial charge in [0.2, 0.25) is 0 Å². The van der Waals surface area contributed by atoms with E-state index >= 15 is 0 Å². The predicted molar refractivity (Wildman–Crippen MR) is 55.9 cm³/mol. The van der Waals surface area contributed by atoms with Gasteiger partial charge in [-0.25, -0.2) is 0 Å². The van der Waals surface area contributed by atoms with Gasteiger partial charge in [-0.15, -0.1) is 12.6 Å². The van der Waals surface area contributed by atoms with Crippen LogP contribution in [-0.2, 0) is 0 Å². The molecule has 0 aromatic carbocycles. The highest BCUT2D eigenvalue weighted by Gasteiger charge is 1.94. The minimum Gasteiger partial charge on any atom is -0.144 e. The van der Waals surface area contributed by atoms with Crippen LogP contribution in [0.1, 0.15) is 26.7 Å². The second-order valence-corrected chi connectivity index (χ2v) is 2.95. The van der Waals surface area contributed by atoms with Gasteiger partial charge in [-0.05, 0) is 18.9 Å². The molecule has 0 radical (unpaired) electrons. The Kier molecular flexibility index (Phi) is 6.05. The third kappa shape index (κ3) is 4.91. The number of hydrogen-bond acceptors (Lipinski definition) is 1. The SMILES string of the molecule is C=C(S)/C(=C\C=C/C)CCC. The fourth-order valence-electron chi connectivity index (χ4n) is 0.806. The molecule has 1 heteroatoms. The molecule has 11 heavy (non-hydrogen) atoms. The first-order valence-corrected chi connectivity index (χ1v) is 4.37. The standard InChI is InChI=1S/C10H16S/c1-4-6-8-10(7-5-2)9(3)11/h4,6,8,11H,3,5,7H2,1-2H3/b6-4-,10-8-. The van der Waals surface area contributed by atoms with E-state index in [9.17, 15) is 0 Å². The minimum atomic E-state index is 0.880. The first kappa shape index (κ1) is 10.6. The second-order valence-electron chi connectivity index (χ2n) is 2.41. The first-order valence-electron chi connectivity index (χ1n) is 3.92. The zero-order chi connectivity index (χ0) is 8.69. The van der Waals surface area contributed by atoms with Crippen LogP contribution in [-0.4, -0.2) is 0 Å². The van der Waals surface area contributed by atoms with Crippen molar-refractivity contribution >= 4 is 12.6 Å². The van der Waals surface area contributed by atoms with Crippen molar-refractivity contribution < 1.29 is 0 Å².